The zero-order valence-corrected chi connectivity index (χ0v) is 11.0. The highest BCUT2D eigenvalue weighted by atomic mass is 16.2. The van der Waals surface area contributed by atoms with Crippen molar-refractivity contribution in [3.05, 3.63) is 12.2 Å². The van der Waals surface area contributed by atoms with Crippen molar-refractivity contribution in [2.24, 2.45) is 17.6 Å². The Morgan fingerprint density at radius 2 is 2.21 bits per heavy atom. The predicted octanol–water partition coefficient (Wildman–Crippen LogP) is 0.0169. The van der Waals surface area contributed by atoms with Gasteiger partial charge in [-0.3, -0.25) is 9.59 Å². The Balaban J connectivity index is 1.60. The van der Waals surface area contributed by atoms with Crippen LogP contribution in [-0.4, -0.2) is 41.9 Å². The molecule has 0 aromatic rings. The Bertz CT molecular complexity index is 421. The molecule has 0 aromatic carbocycles. The Kier molecular flexibility index (Phi) is 3.31. The first-order valence-corrected chi connectivity index (χ1v) is 7.15. The van der Waals surface area contributed by atoms with Crippen LogP contribution in [0.25, 0.3) is 0 Å². The van der Waals surface area contributed by atoms with E-state index >= 15 is 0 Å². The molecule has 19 heavy (non-hydrogen) atoms. The third-order valence-electron chi connectivity index (χ3n) is 4.57. The molecular formula is C14H21N3O2. The summed E-state index contributed by atoms with van der Waals surface area (Å²) < 4.78 is 0. The summed E-state index contributed by atoms with van der Waals surface area (Å²) in [5.41, 5.74) is 5.81. The number of nitrogens with zero attached hydrogens (tertiary/aromatic N) is 1. The largest absolute Gasteiger partial charge is 0.353 e. The zero-order valence-electron chi connectivity index (χ0n) is 11.0. The van der Waals surface area contributed by atoms with Crippen molar-refractivity contribution in [3.63, 3.8) is 0 Å². The lowest BCUT2D eigenvalue weighted by atomic mass is 9.84. The Morgan fingerprint density at radius 3 is 2.95 bits per heavy atom. The molecule has 4 unspecified atom stereocenters. The van der Waals surface area contributed by atoms with Crippen molar-refractivity contribution in [3.8, 4) is 0 Å². The van der Waals surface area contributed by atoms with Gasteiger partial charge in [0.15, 0.2) is 0 Å². The van der Waals surface area contributed by atoms with Crippen LogP contribution in [0.5, 0.6) is 0 Å². The molecule has 0 saturated carbocycles. The minimum atomic E-state index is -0.0373. The quantitative estimate of drug-likeness (QED) is 0.655. The van der Waals surface area contributed by atoms with Gasteiger partial charge < -0.3 is 16.0 Å². The number of likely N-dealkylation sites (tertiary alicyclic amines) is 1. The third-order valence-corrected chi connectivity index (χ3v) is 4.57. The number of amides is 2. The average Bonchev–Trinajstić information content (AvgIpc) is 2.84. The maximum absolute atomic E-state index is 12.4. The van der Waals surface area contributed by atoms with Crippen molar-refractivity contribution in [1.82, 2.24) is 10.2 Å². The summed E-state index contributed by atoms with van der Waals surface area (Å²) in [6.07, 6.45) is 6.99. The van der Waals surface area contributed by atoms with Crippen molar-refractivity contribution < 1.29 is 9.59 Å². The number of nitrogens with one attached hydrogen (secondary N) is 1. The summed E-state index contributed by atoms with van der Waals surface area (Å²) in [6, 6.07) is 0.298. The second-order valence-corrected chi connectivity index (χ2v) is 5.94. The SMILES string of the molecule is NC1C=CC(C(=O)N2CCC3NC(=O)CCC3C2)C1. The van der Waals surface area contributed by atoms with Gasteiger partial charge in [-0.15, -0.1) is 0 Å². The van der Waals surface area contributed by atoms with Crippen molar-refractivity contribution >= 4 is 11.8 Å². The van der Waals surface area contributed by atoms with Crippen LogP contribution in [0.3, 0.4) is 0 Å². The molecule has 2 aliphatic heterocycles. The molecule has 0 bridgehead atoms. The molecule has 0 aromatic heterocycles. The van der Waals surface area contributed by atoms with E-state index in [0.29, 0.717) is 12.3 Å². The first kappa shape index (κ1) is 12.7. The minimum absolute atomic E-state index is 0.0282. The van der Waals surface area contributed by atoms with E-state index in [1.807, 2.05) is 17.1 Å². The molecule has 3 rings (SSSR count). The molecule has 5 heteroatoms. The molecule has 1 aliphatic carbocycles. The normalized spacial score (nSPS) is 37.9. The van der Waals surface area contributed by atoms with Gasteiger partial charge in [0.25, 0.3) is 0 Å². The van der Waals surface area contributed by atoms with Crippen LogP contribution in [0.4, 0.5) is 0 Å². The molecule has 104 valence electrons. The second kappa shape index (κ2) is 4.96. The lowest BCUT2D eigenvalue weighted by Crippen LogP contribution is -2.55. The Hall–Kier alpha value is -1.36. The van der Waals surface area contributed by atoms with Gasteiger partial charge in [0.1, 0.15) is 0 Å². The van der Waals surface area contributed by atoms with Gasteiger partial charge >= 0.3 is 0 Å². The highest BCUT2D eigenvalue weighted by molar-refractivity contribution is 5.81. The van der Waals surface area contributed by atoms with Gasteiger partial charge in [-0.1, -0.05) is 12.2 Å². The summed E-state index contributed by atoms with van der Waals surface area (Å²) in [7, 11) is 0. The fraction of sp³-hybridized carbons (Fsp3) is 0.714. The zero-order chi connectivity index (χ0) is 13.4. The molecule has 2 amide bonds. The molecule has 3 N–H and O–H groups in total. The van der Waals surface area contributed by atoms with Crippen LogP contribution in [0.2, 0.25) is 0 Å². The molecule has 2 heterocycles. The van der Waals surface area contributed by atoms with Crippen LogP contribution >= 0.6 is 0 Å². The number of carbonyl (C=O) groups excluding carboxylic acids is 2. The first-order valence-electron chi connectivity index (χ1n) is 7.15. The maximum Gasteiger partial charge on any atom is 0.229 e. The van der Waals surface area contributed by atoms with Gasteiger partial charge in [0, 0.05) is 31.6 Å². The number of carbonyl (C=O) groups is 2. The van der Waals surface area contributed by atoms with Crippen molar-refractivity contribution in [2.45, 2.75) is 37.8 Å². The number of rotatable bonds is 1. The van der Waals surface area contributed by atoms with Crippen LogP contribution in [0, 0.1) is 11.8 Å². The van der Waals surface area contributed by atoms with E-state index in [0.717, 1.165) is 32.4 Å². The highest BCUT2D eigenvalue weighted by Gasteiger charge is 2.37. The fourth-order valence-corrected chi connectivity index (χ4v) is 3.46. The molecule has 0 radical (unpaired) electrons. The Morgan fingerprint density at radius 1 is 1.37 bits per heavy atom. The van der Waals surface area contributed by atoms with E-state index in [1.54, 1.807) is 0 Å². The molecule has 3 aliphatic rings. The predicted molar refractivity (Wildman–Crippen MR) is 71.1 cm³/mol. The van der Waals surface area contributed by atoms with Crippen molar-refractivity contribution in [2.75, 3.05) is 13.1 Å². The van der Waals surface area contributed by atoms with Crippen LogP contribution in [0.1, 0.15) is 25.7 Å². The number of hydrogen-bond donors (Lipinski definition) is 2. The van der Waals surface area contributed by atoms with E-state index in [9.17, 15) is 9.59 Å². The van der Waals surface area contributed by atoms with Gasteiger partial charge in [0.05, 0.1) is 5.92 Å². The van der Waals surface area contributed by atoms with Gasteiger partial charge in [-0.25, -0.2) is 0 Å². The molecular weight excluding hydrogens is 242 g/mol. The van der Waals surface area contributed by atoms with E-state index in [2.05, 4.69) is 5.32 Å². The molecule has 2 fully saturated rings. The summed E-state index contributed by atoms with van der Waals surface area (Å²) in [4.78, 5) is 25.7. The van der Waals surface area contributed by atoms with E-state index in [1.165, 1.54) is 0 Å². The first-order chi connectivity index (χ1) is 9.13. The minimum Gasteiger partial charge on any atom is -0.353 e. The van der Waals surface area contributed by atoms with E-state index < -0.39 is 0 Å². The topological polar surface area (TPSA) is 75.4 Å². The average molecular weight is 263 g/mol. The fourth-order valence-electron chi connectivity index (χ4n) is 3.46. The van der Waals surface area contributed by atoms with E-state index in [4.69, 9.17) is 5.73 Å². The molecule has 5 nitrogen and oxygen atoms in total. The third kappa shape index (κ3) is 2.52. The number of hydrogen-bond acceptors (Lipinski definition) is 3. The van der Waals surface area contributed by atoms with E-state index in [-0.39, 0.29) is 29.8 Å². The van der Waals surface area contributed by atoms with Gasteiger partial charge in [0.2, 0.25) is 11.8 Å². The smallest absolute Gasteiger partial charge is 0.229 e. The maximum atomic E-state index is 12.4. The molecule has 4 atom stereocenters. The number of fused-ring (bicyclic) bond motifs is 1. The second-order valence-electron chi connectivity index (χ2n) is 5.94. The van der Waals surface area contributed by atoms with Crippen LogP contribution < -0.4 is 11.1 Å². The summed E-state index contributed by atoms with van der Waals surface area (Å²) in [5, 5.41) is 3.04. The lowest BCUT2D eigenvalue weighted by Gasteiger charge is -2.42. The Labute approximate surface area is 113 Å². The van der Waals surface area contributed by atoms with Crippen LogP contribution in [-0.2, 0) is 9.59 Å². The standard InChI is InChI=1S/C14H21N3O2/c15-11-3-1-9(7-11)14(19)17-6-5-12-10(8-17)2-4-13(18)16-12/h1,3,9-12H,2,4-8,15H2,(H,16,18). The van der Waals surface area contributed by atoms with Gasteiger partial charge in [-0.05, 0) is 25.2 Å². The number of piperidine rings is 2. The summed E-state index contributed by atoms with van der Waals surface area (Å²) in [6.45, 7) is 1.53. The summed E-state index contributed by atoms with van der Waals surface area (Å²) >= 11 is 0. The monoisotopic (exact) mass is 263 g/mol. The van der Waals surface area contributed by atoms with Gasteiger partial charge in [-0.2, -0.15) is 0 Å². The van der Waals surface area contributed by atoms with Crippen LogP contribution in [0.15, 0.2) is 12.2 Å². The lowest BCUT2D eigenvalue weighted by molar-refractivity contribution is -0.137. The molecule has 2 saturated heterocycles. The highest BCUT2D eigenvalue weighted by Crippen LogP contribution is 2.28. The van der Waals surface area contributed by atoms with Crippen molar-refractivity contribution in [1.29, 1.82) is 0 Å². The number of nitrogens with two attached hydrogens (primary N) is 1. The summed E-state index contributed by atoms with van der Waals surface area (Å²) in [5.74, 6) is 0.754. The molecule has 0 spiro atoms.